The van der Waals surface area contributed by atoms with Gasteiger partial charge in [0.15, 0.2) is 0 Å². The van der Waals surface area contributed by atoms with Crippen LogP contribution in [0.5, 0.6) is 0 Å². The molecule has 0 radical (unpaired) electrons. The fourth-order valence-corrected chi connectivity index (χ4v) is 4.71. The summed E-state index contributed by atoms with van der Waals surface area (Å²) in [6.07, 6.45) is 4.74. The van der Waals surface area contributed by atoms with Crippen LogP contribution in [-0.2, 0) is 0 Å². The van der Waals surface area contributed by atoms with Gasteiger partial charge in [-0.15, -0.1) is 11.3 Å². The van der Waals surface area contributed by atoms with Gasteiger partial charge in [0.05, 0.1) is 15.9 Å². The Morgan fingerprint density at radius 1 is 1.12 bits per heavy atom. The van der Waals surface area contributed by atoms with Crippen molar-refractivity contribution in [3.8, 4) is 0 Å². The molecule has 0 atom stereocenters. The van der Waals surface area contributed by atoms with Crippen LogP contribution in [0.2, 0.25) is 0 Å². The summed E-state index contributed by atoms with van der Waals surface area (Å²) in [6.45, 7) is 1.99. The van der Waals surface area contributed by atoms with Gasteiger partial charge in [0, 0.05) is 12.1 Å². The van der Waals surface area contributed by atoms with E-state index in [1.807, 2.05) is 19.1 Å². The van der Waals surface area contributed by atoms with Crippen molar-refractivity contribution in [3.05, 3.63) is 23.2 Å². The Bertz CT molecular complexity index is 850. The first-order valence-corrected chi connectivity index (χ1v) is 10.3. The highest BCUT2D eigenvalue weighted by molar-refractivity contribution is 7.17. The van der Waals surface area contributed by atoms with E-state index < -0.39 is 0 Å². The second kappa shape index (κ2) is 7.23. The smallest absolute Gasteiger partial charge is 0.230 e. The van der Waals surface area contributed by atoms with E-state index in [0.29, 0.717) is 18.0 Å². The molecule has 0 bridgehead atoms. The van der Waals surface area contributed by atoms with E-state index in [9.17, 15) is 0 Å². The van der Waals surface area contributed by atoms with Gasteiger partial charge in [-0.05, 0) is 68.7 Å². The van der Waals surface area contributed by atoms with Crippen molar-refractivity contribution in [1.29, 1.82) is 0 Å². The van der Waals surface area contributed by atoms with Crippen molar-refractivity contribution in [2.45, 2.75) is 44.7 Å². The van der Waals surface area contributed by atoms with Crippen molar-refractivity contribution < 1.29 is 0 Å². The van der Waals surface area contributed by atoms with E-state index in [4.69, 9.17) is 4.98 Å². The SMILES string of the molecule is CN[C@H]1CC[C@@H](Nc2nc(Nc3cc(C)ns3)nc3ccsc23)CC1. The molecule has 1 saturated carbocycles. The monoisotopic (exact) mass is 374 g/mol. The Morgan fingerprint density at radius 3 is 2.64 bits per heavy atom. The van der Waals surface area contributed by atoms with Crippen LogP contribution in [0.1, 0.15) is 31.4 Å². The zero-order valence-corrected chi connectivity index (χ0v) is 16.0. The highest BCUT2D eigenvalue weighted by Gasteiger charge is 2.21. The Morgan fingerprint density at radius 2 is 1.92 bits per heavy atom. The lowest BCUT2D eigenvalue weighted by Gasteiger charge is -2.29. The van der Waals surface area contributed by atoms with E-state index in [1.165, 1.54) is 37.2 Å². The molecule has 3 heterocycles. The number of hydrogen-bond acceptors (Lipinski definition) is 8. The highest BCUT2D eigenvalue weighted by atomic mass is 32.1. The normalized spacial score (nSPS) is 20.7. The van der Waals surface area contributed by atoms with Crippen LogP contribution in [-0.4, -0.2) is 33.5 Å². The molecule has 0 aliphatic heterocycles. The standard InChI is InChI=1S/C17H22N6S2/c1-10-9-14(25-23-10)21-17-20-13-7-8-24-15(13)16(22-17)19-12-5-3-11(18-2)4-6-12/h7-9,11-12,18H,3-6H2,1-2H3,(H2,19,20,21,22)/t11-,12+. The maximum atomic E-state index is 4.75. The molecular weight excluding hydrogens is 352 g/mol. The molecule has 25 heavy (non-hydrogen) atoms. The van der Waals surface area contributed by atoms with Crippen molar-refractivity contribution in [3.63, 3.8) is 0 Å². The molecule has 4 rings (SSSR count). The van der Waals surface area contributed by atoms with Crippen molar-refractivity contribution >= 4 is 49.9 Å². The number of aryl methyl sites for hydroxylation is 1. The number of aromatic nitrogens is 3. The minimum absolute atomic E-state index is 0.475. The van der Waals surface area contributed by atoms with Crippen LogP contribution in [0.25, 0.3) is 10.2 Å². The Hall–Kier alpha value is -1.77. The summed E-state index contributed by atoms with van der Waals surface area (Å²) in [5.41, 5.74) is 1.99. The zero-order valence-electron chi connectivity index (χ0n) is 14.4. The number of nitrogens with zero attached hydrogens (tertiary/aromatic N) is 3. The van der Waals surface area contributed by atoms with Gasteiger partial charge in [0.25, 0.3) is 0 Å². The lowest BCUT2D eigenvalue weighted by atomic mass is 9.91. The van der Waals surface area contributed by atoms with Gasteiger partial charge in [-0.2, -0.15) is 9.36 Å². The molecule has 8 heteroatoms. The molecule has 0 unspecified atom stereocenters. The summed E-state index contributed by atoms with van der Waals surface area (Å²) in [5.74, 6) is 1.57. The van der Waals surface area contributed by atoms with Gasteiger partial charge >= 0.3 is 0 Å². The summed E-state index contributed by atoms with van der Waals surface area (Å²) < 4.78 is 5.43. The number of thiophene rings is 1. The van der Waals surface area contributed by atoms with Crippen LogP contribution in [0.15, 0.2) is 17.5 Å². The van der Waals surface area contributed by atoms with E-state index in [2.05, 4.69) is 37.7 Å². The molecule has 1 fully saturated rings. The van der Waals surface area contributed by atoms with Gasteiger partial charge in [-0.25, -0.2) is 4.98 Å². The van der Waals surface area contributed by atoms with Crippen LogP contribution >= 0.6 is 22.9 Å². The molecule has 3 aromatic rings. The third-order valence-corrected chi connectivity index (χ3v) is 6.35. The zero-order chi connectivity index (χ0) is 17.2. The third-order valence-electron chi connectivity index (χ3n) is 4.64. The molecule has 0 amide bonds. The summed E-state index contributed by atoms with van der Waals surface area (Å²) in [7, 11) is 2.05. The molecular formula is C17H22N6S2. The molecule has 3 N–H and O–H groups in total. The molecule has 0 aromatic carbocycles. The molecule has 6 nitrogen and oxygen atoms in total. The van der Waals surface area contributed by atoms with Crippen molar-refractivity contribution in [2.24, 2.45) is 0 Å². The fourth-order valence-electron chi connectivity index (χ4n) is 3.27. The first kappa shape index (κ1) is 16.7. The Balaban J connectivity index is 1.56. The fraction of sp³-hybridized carbons (Fsp3) is 0.471. The second-order valence-corrected chi connectivity index (χ2v) is 8.19. The quantitative estimate of drug-likeness (QED) is 0.623. The first-order valence-electron chi connectivity index (χ1n) is 8.60. The molecule has 3 aromatic heterocycles. The molecule has 132 valence electrons. The molecule has 1 aliphatic rings. The predicted molar refractivity (Wildman–Crippen MR) is 106 cm³/mol. The largest absolute Gasteiger partial charge is 0.366 e. The molecule has 1 aliphatic carbocycles. The number of fused-ring (bicyclic) bond motifs is 1. The maximum Gasteiger partial charge on any atom is 0.230 e. The summed E-state index contributed by atoms with van der Waals surface area (Å²) in [4.78, 5) is 9.39. The van der Waals surface area contributed by atoms with E-state index >= 15 is 0 Å². The van der Waals surface area contributed by atoms with Crippen molar-refractivity contribution in [2.75, 3.05) is 17.7 Å². The summed E-state index contributed by atoms with van der Waals surface area (Å²) >= 11 is 3.12. The Kier molecular flexibility index (Phi) is 4.82. The summed E-state index contributed by atoms with van der Waals surface area (Å²) in [6, 6.07) is 5.19. The predicted octanol–water partition coefficient (Wildman–Crippen LogP) is 4.14. The Labute approximate surface area is 155 Å². The van der Waals surface area contributed by atoms with Crippen LogP contribution < -0.4 is 16.0 Å². The number of hydrogen-bond donors (Lipinski definition) is 3. The first-order chi connectivity index (χ1) is 12.2. The van der Waals surface area contributed by atoms with Gasteiger partial charge in [-0.1, -0.05) is 0 Å². The van der Waals surface area contributed by atoms with Crippen molar-refractivity contribution in [1.82, 2.24) is 19.7 Å². The number of anilines is 3. The van der Waals surface area contributed by atoms with Gasteiger partial charge in [0.1, 0.15) is 10.8 Å². The van der Waals surface area contributed by atoms with Gasteiger partial charge in [-0.3, -0.25) is 0 Å². The third kappa shape index (κ3) is 3.75. The minimum Gasteiger partial charge on any atom is -0.366 e. The number of rotatable bonds is 5. The molecule has 0 saturated heterocycles. The van der Waals surface area contributed by atoms with E-state index in [-0.39, 0.29) is 0 Å². The van der Waals surface area contributed by atoms with E-state index in [1.54, 1.807) is 11.3 Å². The average Bonchev–Trinajstić information content (AvgIpc) is 3.24. The summed E-state index contributed by atoms with van der Waals surface area (Å²) in [5, 5.41) is 13.4. The average molecular weight is 375 g/mol. The lowest BCUT2D eigenvalue weighted by Crippen LogP contribution is -2.35. The van der Waals surface area contributed by atoms with Crippen LogP contribution in [0.3, 0.4) is 0 Å². The van der Waals surface area contributed by atoms with Crippen LogP contribution in [0.4, 0.5) is 16.8 Å². The minimum atomic E-state index is 0.475. The van der Waals surface area contributed by atoms with Gasteiger partial charge in [0.2, 0.25) is 5.95 Å². The topological polar surface area (TPSA) is 74.8 Å². The van der Waals surface area contributed by atoms with E-state index in [0.717, 1.165) is 26.7 Å². The second-order valence-electron chi connectivity index (χ2n) is 6.47. The number of nitrogens with one attached hydrogen (secondary N) is 3. The molecule has 0 spiro atoms. The highest BCUT2D eigenvalue weighted by Crippen LogP contribution is 2.31. The maximum absolute atomic E-state index is 4.75. The lowest BCUT2D eigenvalue weighted by molar-refractivity contribution is 0.371. The van der Waals surface area contributed by atoms with Gasteiger partial charge < -0.3 is 16.0 Å². The van der Waals surface area contributed by atoms with Crippen LogP contribution in [0, 0.1) is 6.92 Å².